The smallest absolute Gasteiger partial charge is 0.330 e. The zero-order valence-corrected chi connectivity index (χ0v) is 11.9. The summed E-state index contributed by atoms with van der Waals surface area (Å²) in [5.74, 6) is 0.177. The third-order valence-electron chi connectivity index (χ3n) is 3.17. The Morgan fingerprint density at radius 3 is 2.00 bits per heavy atom. The summed E-state index contributed by atoms with van der Waals surface area (Å²) < 4.78 is 38.8. The molecule has 1 atom stereocenters. The van der Waals surface area contributed by atoms with E-state index in [1.54, 1.807) is 0 Å². The molecular formula is C15H22F3N. The zero-order chi connectivity index (χ0) is 14.8. The fraction of sp³-hybridized carbons (Fsp3) is 0.600. The van der Waals surface area contributed by atoms with Crippen molar-refractivity contribution in [2.75, 3.05) is 6.54 Å². The van der Waals surface area contributed by atoms with Gasteiger partial charge >= 0.3 is 6.18 Å². The van der Waals surface area contributed by atoms with Gasteiger partial charge in [0.05, 0.1) is 5.56 Å². The van der Waals surface area contributed by atoms with Gasteiger partial charge in [-0.3, -0.25) is 0 Å². The first-order valence-corrected chi connectivity index (χ1v) is 6.45. The van der Waals surface area contributed by atoms with Crippen LogP contribution in [-0.2, 0) is 18.0 Å². The van der Waals surface area contributed by atoms with Crippen LogP contribution in [0.3, 0.4) is 0 Å². The molecule has 0 saturated heterocycles. The van der Waals surface area contributed by atoms with E-state index in [2.05, 4.69) is 0 Å². The van der Waals surface area contributed by atoms with Crippen LogP contribution in [0, 0.1) is 5.92 Å². The summed E-state index contributed by atoms with van der Waals surface area (Å²) in [7, 11) is 0. The Morgan fingerprint density at radius 2 is 1.58 bits per heavy atom. The Labute approximate surface area is 113 Å². The monoisotopic (exact) mass is 273 g/mol. The van der Waals surface area contributed by atoms with Crippen LogP contribution in [0.2, 0.25) is 0 Å². The molecule has 0 heterocycles. The number of nitrogens with two attached hydrogens (primary N) is 1. The molecule has 0 bridgehead atoms. The molecule has 0 radical (unpaired) electrons. The predicted molar refractivity (Wildman–Crippen MR) is 72.1 cm³/mol. The highest BCUT2D eigenvalue weighted by Crippen LogP contribution is 2.34. The molecule has 1 aromatic rings. The van der Waals surface area contributed by atoms with Gasteiger partial charge < -0.3 is 5.73 Å². The molecular weight excluding hydrogens is 251 g/mol. The lowest BCUT2D eigenvalue weighted by Crippen LogP contribution is -2.17. The Bertz CT molecular complexity index is 398. The number of halogens is 3. The van der Waals surface area contributed by atoms with Crippen molar-refractivity contribution in [2.45, 2.75) is 45.7 Å². The second-order valence-electron chi connectivity index (χ2n) is 6.21. The molecule has 0 aliphatic carbocycles. The van der Waals surface area contributed by atoms with E-state index in [1.807, 2.05) is 33.8 Å². The lowest BCUT2D eigenvalue weighted by Gasteiger charge is -2.22. The van der Waals surface area contributed by atoms with Crippen LogP contribution >= 0.6 is 0 Å². The predicted octanol–water partition coefficient (Wildman–Crippen LogP) is 4.14. The molecule has 0 aromatic heterocycles. The van der Waals surface area contributed by atoms with Gasteiger partial charge in [0.15, 0.2) is 0 Å². The van der Waals surface area contributed by atoms with Crippen molar-refractivity contribution in [1.82, 2.24) is 0 Å². The number of alkyl halides is 3. The lowest BCUT2D eigenvalue weighted by atomic mass is 9.84. The maximum Gasteiger partial charge on any atom is 0.416 e. The highest BCUT2D eigenvalue weighted by atomic mass is 19.4. The summed E-state index contributed by atoms with van der Waals surface area (Å²) in [4.78, 5) is 0. The Hall–Kier alpha value is -1.03. The molecule has 1 aromatic carbocycles. The molecule has 1 nitrogen and oxygen atoms in total. The Balaban J connectivity index is 3.25. The van der Waals surface area contributed by atoms with Gasteiger partial charge in [-0.15, -0.1) is 0 Å². The van der Waals surface area contributed by atoms with E-state index in [-0.39, 0.29) is 11.3 Å². The minimum atomic E-state index is -4.30. The van der Waals surface area contributed by atoms with Gasteiger partial charge in [0.1, 0.15) is 0 Å². The molecule has 0 fully saturated rings. The van der Waals surface area contributed by atoms with Crippen LogP contribution in [0.25, 0.3) is 0 Å². The topological polar surface area (TPSA) is 26.0 Å². The fourth-order valence-corrected chi connectivity index (χ4v) is 1.89. The van der Waals surface area contributed by atoms with Gasteiger partial charge in [0.2, 0.25) is 0 Å². The van der Waals surface area contributed by atoms with E-state index in [9.17, 15) is 13.2 Å². The maximum absolute atomic E-state index is 12.9. The van der Waals surface area contributed by atoms with Crippen LogP contribution in [0.15, 0.2) is 18.2 Å². The molecule has 0 spiro atoms. The van der Waals surface area contributed by atoms with Crippen LogP contribution in [-0.4, -0.2) is 6.54 Å². The summed E-state index contributed by atoms with van der Waals surface area (Å²) >= 11 is 0. The third-order valence-corrected chi connectivity index (χ3v) is 3.17. The van der Waals surface area contributed by atoms with Crippen molar-refractivity contribution in [3.05, 3.63) is 34.9 Å². The zero-order valence-electron chi connectivity index (χ0n) is 11.9. The molecule has 19 heavy (non-hydrogen) atoms. The molecule has 0 aliphatic heterocycles. The Kier molecular flexibility index (Phi) is 4.67. The van der Waals surface area contributed by atoms with E-state index < -0.39 is 11.7 Å². The Morgan fingerprint density at radius 1 is 1.05 bits per heavy atom. The normalized spacial score (nSPS) is 14.5. The van der Waals surface area contributed by atoms with Gasteiger partial charge in [-0.1, -0.05) is 33.8 Å². The SMILES string of the molecule is CC(CN)Cc1cc(C(C)(C)C)cc(C(F)(F)F)c1. The highest BCUT2D eigenvalue weighted by molar-refractivity contribution is 5.35. The summed E-state index contributed by atoms with van der Waals surface area (Å²) in [6.07, 6.45) is -3.73. The molecule has 1 unspecified atom stereocenters. The quantitative estimate of drug-likeness (QED) is 0.880. The van der Waals surface area contributed by atoms with Crippen molar-refractivity contribution in [2.24, 2.45) is 11.7 Å². The van der Waals surface area contributed by atoms with Gasteiger partial charge in [0.25, 0.3) is 0 Å². The van der Waals surface area contributed by atoms with Gasteiger partial charge in [-0.05, 0) is 47.6 Å². The maximum atomic E-state index is 12.9. The van der Waals surface area contributed by atoms with E-state index in [1.165, 1.54) is 12.1 Å². The van der Waals surface area contributed by atoms with E-state index in [0.717, 1.165) is 0 Å². The molecule has 1 rings (SSSR count). The van der Waals surface area contributed by atoms with Crippen molar-refractivity contribution >= 4 is 0 Å². The lowest BCUT2D eigenvalue weighted by molar-refractivity contribution is -0.137. The third kappa shape index (κ3) is 4.53. The first-order chi connectivity index (χ1) is 8.54. The van der Waals surface area contributed by atoms with Gasteiger partial charge in [0, 0.05) is 0 Å². The first-order valence-electron chi connectivity index (χ1n) is 6.45. The minimum absolute atomic E-state index is 0.177. The number of benzene rings is 1. The van der Waals surface area contributed by atoms with Crippen molar-refractivity contribution in [1.29, 1.82) is 0 Å². The summed E-state index contributed by atoms with van der Waals surface area (Å²) in [5, 5.41) is 0. The minimum Gasteiger partial charge on any atom is -0.330 e. The van der Waals surface area contributed by atoms with Crippen molar-refractivity contribution in [3.8, 4) is 0 Å². The van der Waals surface area contributed by atoms with Gasteiger partial charge in [-0.25, -0.2) is 0 Å². The second kappa shape index (κ2) is 5.53. The van der Waals surface area contributed by atoms with Crippen LogP contribution in [0.5, 0.6) is 0 Å². The highest BCUT2D eigenvalue weighted by Gasteiger charge is 2.32. The molecule has 0 aliphatic rings. The molecule has 0 saturated carbocycles. The van der Waals surface area contributed by atoms with Crippen LogP contribution in [0.1, 0.15) is 44.4 Å². The molecule has 0 amide bonds. The number of rotatable bonds is 3. The standard InChI is InChI=1S/C15H22F3N/c1-10(9-19)5-11-6-12(14(2,3)4)8-13(7-11)15(16,17)18/h6-8,10H,5,9,19H2,1-4H3. The van der Waals surface area contributed by atoms with E-state index in [0.29, 0.717) is 24.1 Å². The van der Waals surface area contributed by atoms with Crippen molar-refractivity contribution in [3.63, 3.8) is 0 Å². The molecule has 2 N–H and O–H groups in total. The van der Waals surface area contributed by atoms with Crippen LogP contribution in [0.4, 0.5) is 13.2 Å². The molecule has 4 heteroatoms. The molecule has 108 valence electrons. The largest absolute Gasteiger partial charge is 0.416 e. The average Bonchev–Trinajstić information content (AvgIpc) is 2.26. The van der Waals surface area contributed by atoms with Crippen molar-refractivity contribution < 1.29 is 13.2 Å². The number of hydrogen-bond donors (Lipinski definition) is 1. The second-order valence-corrected chi connectivity index (χ2v) is 6.21. The summed E-state index contributed by atoms with van der Waals surface area (Å²) in [6.45, 7) is 8.16. The first kappa shape index (κ1) is 16.0. The average molecular weight is 273 g/mol. The van der Waals surface area contributed by atoms with Crippen LogP contribution < -0.4 is 5.73 Å². The summed E-state index contributed by atoms with van der Waals surface area (Å²) in [5.41, 5.74) is 6.09. The van der Waals surface area contributed by atoms with Gasteiger partial charge in [-0.2, -0.15) is 13.2 Å². The summed E-state index contributed by atoms with van der Waals surface area (Å²) in [6, 6.07) is 4.35. The van der Waals surface area contributed by atoms with E-state index in [4.69, 9.17) is 5.73 Å². The number of hydrogen-bond acceptors (Lipinski definition) is 1. The van der Waals surface area contributed by atoms with E-state index >= 15 is 0 Å². The fourth-order valence-electron chi connectivity index (χ4n) is 1.89.